The molecule has 26 heavy (non-hydrogen) atoms. The normalized spacial score (nSPS) is 20.2. The maximum Gasteiger partial charge on any atom is 0.272 e. The van der Waals surface area contributed by atoms with Crippen molar-refractivity contribution < 1.29 is 4.79 Å². The molecule has 1 aliphatic carbocycles. The third kappa shape index (κ3) is 3.12. The molecule has 7 heteroatoms. The quantitative estimate of drug-likeness (QED) is 0.757. The zero-order chi connectivity index (χ0) is 18.1. The highest BCUT2D eigenvalue weighted by molar-refractivity contribution is 6.04. The van der Waals surface area contributed by atoms with Crippen LogP contribution >= 0.6 is 0 Å². The summed E-state index contributed by atoms with van der Waals surface area (Å²) >= 11 is 0. The van der Waals surface area contributed by atoms with Gasteiger partial charge in [0.2, 0.25) is 0 Å². The van der Waals surface area contributed by atoms with E-state index in [1.54, 1.807) is 16.8 Å². The number of fused-ring (bicyclic) bond motifs is 1. The zero-order valence-electron chi connectivity index (χ0n) is 14.6. The lowest BCUT2D eigenvalue weighted by atomic mass is 9.91. The maximum atomic E-state index is 12.6. The monoisotopic (exact) mass is 351 g/mol. The van der Waals surface area contributed by atoms with Crippen LogP contribution in [-0.4, -0.2) is 31.9 Å². The molecule has 4 rings (SSSR count). The minimum atomic E-state index is -0.156. The van der Waals surface area contributed by atoms with Crippen molar-refractivity contribution in [3.63, 3.8) is 0 Å². The van der Waals surface area contributed by atoms with Crippen molar-refractivity contribution in [3.05, 3.63) is 58.1 Å². The Balaban J connectivity index is 1.41. The molecule has 0 aliphatic heterocycles. The minimum Gasteiger partial charge on any atom is -0.348 e. The van der Waals surface area contributed by atoms with Gasteiger partial charge in [-0.1, -0.05) is 18.2 Å². The molecular formula is C19H21N5O2. The first-order chi connectivity index (χ1) is 12.6. The third-order valence-corrected chi connectivity index (χ3v) is 5.02. The summed E-state index contributed by atoms with van der Waals surface area (Å²) in [5.41, 5.74) is 2.06. The first kappa shape index (κ1) is 16.5. The number of nitrogens with one attached hydrogen (secondary N) is 2. The highest BCUT2D eigenvalue weighted by Gasteiger charge is 2.26. The number of H-pyrrole nitrogens is 1. The Morgan fingerprint density at radius 1 is 1.15 bits per heavy atom. The van der Waals surface area contributed by atoms with Crippen LogP contribution in [0.25, 0.3) is 10.9 Å². The molecule has 1 amide bonds. The largest absolute Gasteiger partial charge is 0.348 e. The Bertz CT molecular complexity index is 998. The molecule has 1 aromatic carbocycles. The van der Waals surface area contributed by atoms with E-state index in [1.807, 2.05) is 31.2 Å². The predicted molar refractivity (Wildman–Crippen MR) is 98.1 cm³/mol. The standard InChI is InChI=1S/C19H21N5O2/c1-12-6-11-17(25)24(23-12)14-9-7-13(8-10-14)20-19(26)18-15-4-2-3-5-16(15)21-22-18/h2-6,11,13-14H,7-10H2,1H3,(H,20,26)(H,21,22). The SMILES string of the molecule is Cc1ccc(=O)n(C2CCC(NC(=O)c3n[nH]c4ccccc34)CC2)n1. The molecule has 2 aromatic heterocycles. The predicted octanol–water partition coefficient (Wildman–Crippen LogP) is 2.34. The van der Waals surface area contributed by atoms with E-state index in [-0.39, 0.29) is 23.6 Å². The van der Waals surface area contributed by atoms with Gasteiger partial charge in [-0.3, -0.25) is 14.7 Å². The molecular weight excluding hydrogens is 330 g/mol. The molecule has 2 N–H and O–H groups in total. The van der Waals surface area contributed by atoms with E-state index in [2.05, 4.69) is 20.6 Å². The third-order valence-electron chi connectivity index (χ3n) is 5.02. The van der Waals surface area contributed by atoms with Crippen LogP contribution in [0.1, 0.15) is 47.9 Å². The van der Waals surface area contributed by atoms with Crippen LogP contribution in [-0.2, 0) is 0 Å². The fraction of sp³-hybridized carbons (Fsp3) is 0.368. The average Bonchev–Trinajstić information content (AvgIpc) is 3.09. The zero-order valence-corrected chi connectivity index (χ0v) is 14.6. The first-order valence-corrected chi connectivity index (χ1v) is 8.92. The lowest BCUT2D eigenvalue weighted by Gasteiger charge is -2.29. The summed E-state index contributed by atoms with van der Waals surface area (Å²) in [6.07, 6.45) is 3.28. The van der Waals surface area contributed by atoms with Crippen LogP contribution in [0.2, 0.25) is 0 Å². The van der Waals surface area contributed by atoms with Gasteiger partial charge >= 0.3 is 0 Å². The number of nitrogens with zero attached hydrogens (tertiary/aromatic N) is 3. The van der Waals surface area contributed by atoms with Crippen LogP contribution < -0.4 is 10.9 Å². The number of aromatic amines is 1. The summed E-state index contributed by atoms with van der Waals surface area (Å²) in [6, 6.07) is 11.1. The smallest absolute Gasteiger partial charge is 0.272 e. The van der Waals surface area contributed by atoms with Crippen molar-refractivity contribution in [3.8, 4) is 0 Å². The van der Waals surface area contributed by atoms with Crippen LogP contribution in [0.3, 0.4) is 0 Å². The van der Waals surface area contributed by atoms with E-state index in [0.717, 1.165) is 42.3 Å². The van der Waals surface area contributed by atoms with Crippen molar-refractivity contribution in [2.45, 2.75) is 44.7 Å². The van der Waals surface area contributed by atoms with E-state index in [1.165, 1.54) is 0 Å². The number of amides is 1. The highest BCUT2D eigenvalue weighted by atomic mass is 16.2. The molecule has 1 fully saturated rings. The van der Waals surface area contributed by atoms with Crippen LogP contribution in [0.5, 0.6) is 0 Å². The fourth-order valence-electron chi connectivity index (χ4n) is 3.64. The Kier molecular flexibility index (Phi) is 4.28. The van der Waals surface area contributed by atoms with Crippen molar-refractivity contribution in [1.82, 2.24) is 25.3 Å². The van der Waals surface area contributed by atoms with Crippen molar-refractivity contribution >= 4 is 16.8 Å². The number of para-hydroxylation sites is 1. The Morgan fingerprint density at radius 3 is 2.73 bits per heavy atom. The Labute approximate surface area is 150 Å². The maximum absolute atomic E-state index is 12.6. The fourth-order valence-corrected chi connectivity index (χ4v) is 3.64. The summed E-state index contributed by atoms with van der Waals surface area (Å²) in [6.45, 7) is 1.88. The van der Waals surface area contributed by atoms with Gasteiger partial charge in [-0.15, -0.1) is 0 Å². The van der Waals surface area contributed by atoms with Gasteiger partial charge in [0, 0.05) is 17.5 Å². The summed E-state index contributed by atoms with van der Waals surface area (Å²) in [4.78, 5) is 24.6. The van der Waals surface area contributed by atoms with Crippen LogP contribution in [0.15, 0.2) is 41.2 Å². The number of benzene rings is 1. The molecule has 0 spiro atoms. The second-order valence-corrected chi connectivity index (χ2v) is 6.85. The Hall–Kier alpha value is -2.96. The molecule has 0 atom stereocenters. The lowest BCUT2D eigenvalue weighted by molar-refractivity contribution is 0.0918. The van der Waals surface area contributed by atoms with E-state index in [4.69, 9.17) is 0 Å². The molecule has 1 saturated carbocycles. The molecule has 134 valence electrons. The van der Waals surface area contributed by atoms with Crippen molar-refractivity contribution in [1.29, 1.82) is 0 Å². The number of carbonyl (C=O) groups is 1. The van der Waals surface area contributed by atoms with Gasteiger partial charge in [0.15, 0.2) is 5.69 Å². The van der Waals surface area contributed by atoms with Gasteiger partial charge in [0.25, 0.3) is 11.5 Å². The van der Waals surface area contributed by atoms with Gasteiger partial charge in [-0.25, -0.2) is 4.68 Å². The molecule has 0 saturated heterocycles. The second kappa shape index (κ2) is 6.74. The minimum absolute atomic E-state index is 0.0638. The van der Waals surface area contributed by atoms with Gasteiger partial charge in [0.1, 0.15) is 0 Å². The Morgan fingerprint density at radius 2 is 1.92 bits per heavy atom. The number of carbonyl (C=O) groups excluding carboxylic acids is 1. The lowest BCUT2D eigenvalue weighted by Crippen LogP contribution is -2.39. The average molecular weight is 351 g/mol. The number of aromatic nitrogens is 4. The first-order valence-electron chi connectivity index (χ1n) is 8.92. The number of hydrogen-bond acceptors (Lipinski definition) is 4. The van der Waals surface area contributed by atoms with Gasteiger partial charge in [-0.2, -0.15) is 10.2 Å². The molecule has 0 bridgehead atoms. The van der Waals surface area contributed by atoms with E-state index in [0.29, 0.717) is 5.69 Å². The summed E-state index contributed by atoms with van der Waals surface area (Å²) in [5, 5.41) is 15.3. The molecule has 7 nitrogen and oxygen atoms in total. The summed E-state index contributed by atoms with van der Waals surface area (Å²) in [7, 11) is 0. The van der Waals surface area contributed by atoms with Crippen LogP contribution in [0.4, 0.5) is 0 Å². The summed E-state index contributed by atoms with van der Waals surface area (Å²) in [5.74, 6) is -0.156. The molecule has 1 aliphatic rings. The van der Waals surface area contributed by atoms with Crippen LogP contribution in [0, 0.1) is 6.92 Å². The van der Waals surface area contributed by atoms with E-state index in [9.17, 15) is 9.59 Å². The molecule has 0 unspecified atom stereocenters. The van der Waals surface area contributed by atoms with Crippen molar-refractivity contribution in [2.75, 3.05) is 0 Å². The molecule has 3 aromatic rings. The highest BCUT2D eigenvalue weighted by Crippen LogP contribution is 2.27. The molecule has 0 radical (unpaired) electrons. The summed E-state index contributed by atoms with van der Waals surface area (Å²) < 4.78 is 1.59. The number of hydrogen-bond donors (Lipinski definition) is 2. The topological polar surface area (TPSA) is 92.7 Å². The molecule has 2 heterocycles. The number of aryl methyl sites for hydroxylation is 1. The van der Waals surface area contributed by atoms with E-state index < -0.39 is 0 Å². The second-order valence-electron chi connectivity index (χ2n) is 6.85. The van der Waals surface area contributed by atoms with Gasteiger partial charge in [0.05, 0.1) is 17.3 Å². The van der Waals surface area contributed by atoms with Gasteiger partial charge < -0.3 is 5.32 Å². The van der Waals surface area contributed by atoms with Gasteiger partial charge in [-0.05, 0) is 44.7 Å². The van der Waals surface area contributed by atoms with E-state index >= 15 is 0 Å². The van der Waals surface area contributed by atoms with Crippen molar-refractivity contribution in [2.24, 2.45) is 0 Å². The number of rotatable bonds is 3.